The summed E-state index contributed by atoms with van der Waals surface area (Å²) in [6.45, 7) is 5.74. The minimum Gasteiger partial charge on any atom is -0.324 e. The molecule has 4 rings (SSSR count). The lowest BCUT2D eigenvalue weighted by molar-refractivity contribution is 0.101. The van der Waals surface area contributed by atoms with Gasteiger partial charge in [-0.25, -0.2) is 4.98 Å². The normalized spacial score (nSPS) is 15.5. The van der Waals surface area contributed by atoms with Crippen LogP contribution in [0, 0.1) is 6.92 Å². The van der Waals surface area contributed by atoms with Crippen molar-refractivity contribution in [2.45, 2.75) is 33.2 Å². The SMILES string of the molecule is CC(=O)c1cccc(Nc2nc(C)cc(N3c4ccccc4CC3C)n2)c1. The fourth-order valence-electron chi connectivity index (χ4n) is 3.59. The summed E-state index contributed by atoms with van der Waals surface area (Å²) in [7, 11) is 0. The fourth-order valence-corrected chi connectivity index (χ4v) is 3.59. The van der Waals surface area contributed by atoms with Gasteiger partial charge in [-0.2, -0.15) is 4.98 Å². The van der Waals surface area contributed by atoms with Crippen molar-refractivity contribution in [1.29, 1.82) is 0 Å². The van der Waals surface area contributed by atoms with Gasteiger partial charge in [0.1, 0.15) is 5.82 Å². The Morgan fingerprint density at radius 3 is 2.74 bits per heavy atom. The lowest BCUT2D eigenvalue weighted by atomic mass is 10.1. The summed E-state index contributed by atoms with van der Waals surface area (Å²) in [5, 5.41) is 3.24. The first-order chi connectivity index (χ1) is 13.0. The van der Waals surface area contributed by atoms with Crippen molar-refractivity contribution in [3.8, 4) is 0 Å². The largest absolute Gasteiger partial charge is 0.324 e. The summed E-state index contributed by atoms with van der Waals surface area (Å²) in [6.07, 6.45) is 1.00. The lowest BCUT2D eigenvalue weighted by Crippen LogP contribution is -2.25. The molecule has 5 heteroatoms. The standard InChI is InChI=1S/C22H22N4O/c1-14-11-21(26-15(2)12-18-7-4-5-10-20(18)26)25-22(23-14)24-19-9-6-8-17(13-19)16(3)27/h4-11,13,15H,12H2,1-3H3,(H,23,24,25). The zero-order valence-electron chi connectivity index (χ0n) is 15.7. The van der Waals surface area contributed by atoms with Gasteiger partial charge in [0, 0.05) is 34.7 Å². The molecular formula is C22H22N4O. The molecule has 0 radical (unpaired) electrons. The highest BCUT2D eigenvalue weighted by molar-refractivity contribution is 5.95. The Hall–Kier alpha value is -3.21. The van der Waals surface area contributed by atoms with E-state index in [4.69, 9.17) is 4.98 Å². The van der Waals surface area contributed by atoms with Crippen molar-refractivity contribution < 1.29 is 4.79 Å². The summed E-state index contributed by atoms with van der Waals surface area (Å²) >= 11 is 0. The molecule has 0 saturated heterocycles. The van der Waals surface area contributed by atoms with Crippen LogP contribution in [0.15, 0.2) is 54.6 Å². The van der Waals surface area contributed by atoms with Gasteiger partial charge in [0.2, 0.25) is 5.95 Å². The number of rotatable bonds is 4. The molecule has 27 heavy (non-hydrogen) atoms. The number of hydrogen-bond acceptors (Lipinski definition) is 5. The van der Waals surface area contributed by atoms with Crippen LogP contribution in [0.25, 0.3) is 0 Å². The average Bonchev–Trinajstić information content (AvgIpc) is 2.97. The minimum absolute atomic E-state index is 0.0343. The van der Waals surface area contributed by atoms with Gasteiger partial charge in [0.05, 0.1) is 0 Å². The molecule has 2 heterocycles. The van der Waals surface area contributed by atoms with Gasteiger partial charge in [-0.1, -0.05) is 30.3 Å². The number of benzene rings is 2. The molecule has 2 aromatic carbocycles. The molecule has 0 saturated carbocycles. The van der Waals surface area contributed by atoms with Gasteiger partial charge >= 0.3 is 0 Å². The number of ketones is 1. The third-order valence-corrected chi connectivity index (χ3v) is 4.82. The predicted octanol–water partition coefficient (Wildman–Crippen LogP) is 4.81. The molecule has 0 amide bonds. The Balaban J connectivity index is 1.69. The number of aryl methyl sites for hydroxylation is 1. The molecule has 1 unspecified atom stereocenters. The summed E-state index contributed by atoms with van der Waals surface area (Å²) in [5.41, 5.74) is 4.89. The maximum absolute atomic E-state index is 11.6. The number of nitrogens with one attached hydrogen (secondary N) is 1. The first-order valence-electron chi connectivity index (χ1n) is 9.12. The van der Waals surface area contributed by atoms with E-state index in [0.717, 1.165) is 23.6 Å². The molecule has 1 N–H and O–H groups in total. The van der Waals surface area contributed by atoms with Crippen LogP contribution in [0.5, 0.6) is 0 Å². The van der Waals surface area contributed by atoms with Crippen LogP contribution < -0.4 is 10.2 Å². The number of fused-ring (bicyclic) bond motifs is 1. The van der Waals surface area contributed by atoms with Crippen molar-refractivity contribution in [3.05, 3.63) is 71.4 Å². The highest BCUT2D eigenvalue weighted by Crippen LogP contribution is 2.37. The molecule has 1 aliphatic rings. The van der Waals surface area contributed by atoms with Crippen LogP contribution in [-0.2, 0) is 6.42 Å². The van der Waals surface area contributed by atoms with Crippen molar-refractivity contribution >= 4 is 28.9 Å². The Kier molecular flexibility index (Phi) is 4.36. The van der Waals surface area contributed by atoms with E-state index in [0.29, 0.717) is 17.6 Å². The summed E-state index contributed by atoms with van der Waals surface area (Å²) < 4.78 is 0. The first-order valence-corrected chi connectivity index (χ1v) is 9.12. The van der Waals surface area contributed by atoms with Crippen molar-refractivity contribution in [1.82, 2.24) is 9.97 Å². The van der Waals surface area contributed by atoms with Crippen molar-refractivity contribution in [2.75, 3.05) is 10.2 Å². The molecule has 3 aromatic rings. The Morgan fingerprint density at radius 2 is 1.93 bits per heavy atom. The van der Waals surface area contributed by atoms with Gasteiger partial charge in [-0.05, 0) is 51.0 Å². The van der Waals surface area contributed by atoms with Gasteiger partial charge in [-0.3, -0.25) is 4.79 Å². The zero-order valence-corrected chi connectivity index (χ0v) is 15.7. The van der Waals surface area contributed by atoms with Crippen LogP contribution in [0.3, 0.4) is 0 Å². The van der Waals surface area contributed by atoms with Gasteiger partial charge in [0.25, 0.3) is 0 Å². The smallest absolute Gasteiger partial charge is 0.229 e. The van der Waals surface area contributed by atoms with E-state index < -0.39 is 0 Å². The first kappa shape index (κ1) is 17.2. The van der Waals surface area contributed by atoms with E-state index in [1.54, 1.807) is 13.0 Å². The summed E-state index contributed by atoms with van der Waals surface area (Å²) in [5.74, 6) is 1.44. The quantitative estimate of drug-likeness (QED) is 0.678. The maximum Gasteiger partial charge on any atom is 0.229 e. The summed E-state index contributed by atoms with van der Waals surface area (Å²) in [6, 6.07) is 18.2. The van der Waals surface area contributed by atoms with Crippen LogP contribution in [0.4, 0.5) is 23.1 Å². The molecule has 136 valence electrons. The monoisotopic (exact) mass is 358 g/mol. The van der Waals surface area contributed by atoms with Crippen molar-refractivity contribution in [3.63, 3.8) is 0 Å². The van der Waals surface area contributed by atoms with E-state index in [9.17, 15) is 4.79 Å². The number of carbonyl (C=O) groups excluding carboxylic acids is 1. The second-order valence-electron chi connectivity index (χ2n) is 7.00. The lowest BCUT2D eigenvalue weighted by Gasteiger charge is -2.24. The molecule has 0 fully saturated rings. The van der Waals surface area contributed by atoms with Gasteiger partial charge in [0.15, 0.2) is 5.78 Å². The van der Waals surface area contributed by atoms with E-state index in [1.807, 2.05) is 31.2 Å². The number of para-hydroxylation sites is 1. The van der Waals surface area contributed by atoms with Gasteiger partial charge < -0.3 is 10.2 Å². The second kappa shape index (κ2) is 6.83. The molecule has 0 bridgehead atoms. The molecular weight excluding hydrogens is 336 g/mol. The molecule has 1 aromatic heterocycles. The second-order valence-corrected chi connectivity index (χ2v) is 7.00. The zero-order chi connectivity index (χ0) is 19.0. The molecule has 0 spiro atoms. The Morgan fingerprint density at radius 1 is 1.11 bits per heavy atom. The highest BCUT2D eigenvalue weighted by Gasteiger charge is 2.28. The minimum atomic E-state index is 0.0343. The molecule has 5 nitrogen and oxygen atoms in total. The van der Waals surface area contributed by atoms with Crippen LogP contribution in [0.2, 0.25) is 0 Å². The topological polar surface area (TPSA) is 58.1 Å². The van der Waals surface area contributed by atoms with Crippen LogP contribution >= 0.6 is 0 Å². The number of Topliss-reactive ketones (excluding diaryl/α,β-unsaturated/α-hetero) is 1. The van der Waals surface area contributed by atoms with E-state index >= 15 is 0 Å². The molecule has 1 aliphatic heterocycles. The highest BCUT2D eigenvalue weighted by atomic mass is 16.1. The fraction of sp³-hybridized carbons (Fsp3) is 0.227. The number of hydrogen-bond donors (Lipinski definition) is 1. The van der Waals surface area contributed by atoms with Crippen LogP contribution in [0.1, 0.15) is 35.5 Å². The van der Waals surface area contributed by atoms with E-state index in [2.05, 4.69) is 46.4 Å². The Labute approximate surface area is 159 Å². The summed E-state index contributed by atoms with van der Waals surface area (Å²) in [4.78, 5) is 23.2. The Bertz CT molecular complexity index is 1010. The number of aromatic nitrogens is 2. The molecule has 0 aliphatic carbocycles. The average molecular weight is 358 g/mol. The number of carbonyl (C=O) groups is 1. The third kappa shape index (κ3) is 3.40. The number of anilines is 4. The van der Waals surface area contributed by atoms with Crippen LogP contribution in [-0.4, -0.2) is 21.8 Å². The number of nitrogens with zero attached hydrogens (tertiary/aromatic N) is 3. The predicted molar refractivity (Wildman–Crippen MR) is 108 cm³/mol. The van der Waals surface area contributed by atoms with Crippen molar-refractivity contribution in [2.24, 2.45) is 0 Å². The van der Waals surface area contributed by atoms with Gasteiger partial charge in [-0.15, -0.1) is 0 Å². The maximum atomic E-state index is 11.6. The van der Waals surface area contributed by atoms with E-state index in [-0.39, 0.29) is 5.78 Å². The third-order valence-electron chi connectivity index (χ3n) is 4.82. The van der Waals surface area contributed by atoms with E-state index in [1.165, 1.54) is 11.3 Å². The molecule has 1 atom stereocenters.